The fourth-order valence-electron chi connectivity index (χ4n) is 1.54. The maximum Gasteiger partial charge on any atom is 0.241 e. The third kappa shape index (κ3) is 5.49. The summed E-state index contributed by atoms with van der Waals surface area (Å²) in [6.07, 6.45) is 0. The highest BCUT2D eigenvalue weighted by atomic mass is 32.2. The van der Waals surface area contributed by atoms with Crippen molar-refractivity contribution in [3.8, 4) is 0 Å². The summed E-state index contributed by atoms with van der Waals surface area (Å²) in [6.45, 7) is 8.91. The van der Waals surface area contributed by atoms with Crippen LogP contribution in [-0.2, 0) is 16.6 Å². The quantitative estimate of drug-likeness (QED) is 0.724. The van der Waals surface area contributed by atoms with Crippen LogP contribution in [0.1, 0.15) is 25.6 Å². The highest BCUT2D eigenvalue weighted by molar-refractivity contribution is 7.89. The van der Waals surface area contributed by atoms with E-state index in [4.69, 9.17) is 0 Å². The zero-order chi connectivity index (χ0) is 15.2. The summed E-state index contributed by atoms with van der Waals surface area (Å²) in [5.74, 6) is 0. The average molecular weight is 319 g/mol. The number of likely N-dealkylation sites (N-methyl/N-ethyl adjacent to an activating group) is 1. The normalized spacial score (nSPS) is 12.5. The molecule has 0 aliphatic rings. The van der Waals surface area contributed by atoms with E-state index in [0.717, 1.165) is 11.4 Å². The number of nitrogens with one attached hydrogen (secondary N) is 2. The van der Waals surface area contributed by atoms with Crippen molar-refractivity contribution in [3.05, 3.63) is 16.3 Å². The molecular weight excluding hydrogens is 294 g/mol. The third-order valence-electron chi connectivity index (χ3n) is 3.13. The number of nitrogens with zero attached hydrogens (tertiary/aromatic N) is 1. The van der Waals surface area contributed by atoms with E-state index >= 15 is 0 Å². The Balaban J connectivity index is 2.53. The van der Waals surface area contributed by atoms with E-state index in [1.165, 1.54) is 11.3 Å². The van der Waals surface area contributed by atoms with E-state index in [2.05, 4.69) is 28.8 Å². The van der Waals surface area contributed by atoms with Gasteiger partial charge in [-0.25, -0.2) is 13.1 Å². The zero-order valence-corrected chi connectivity index (χ0v) is 14.3. The van der Waals surface area contributed by atoms with Gasteiger partial charge in [-0.3, -0.25) is 0 Å². The van der Waals surface area contributed by atoms with Gasteiger partial charge in [0, 0.05) is 35.9 Å². The van der Waals surface area contributed by atoms with E-state index in [-0.39, 0.29) is 0 Å². The Hall–Kier alpha value is -0.470. The van der Waals surface area contributed by atoms with Gasteiger partial charge in [0.25, 0.3) is 0 Å². The molecule has 0 fully saturated rings. The monoisotopic (exact) mass is 319 g/mol. The van der Waals surface area contributed by atoms with Gasteiger partial charge in [0.15, 0.2) is 0 Å². The molecule has 1 aromatic heterocycles. The molecule has 116 valence electrons. The molecule has 0 saturated carbocycles. The molecule has 0 aromatic carbocycles. The lowest BCUT2D eigenvalue weighted by molar-refractivity contribution is 0.278. The standard InChI is InChI=1S/C13H25N3O2S2/c1-5-14-9-12-8-13(10-19-12)20(17,18)15-6-7-16(4)11(2)3/h8,10-11,14-15H,5-7,9H2,1-4H3. The Morgan fingerprint density at radius 2 is 2.10 bits per heavy atom. The largest absolute Gasteiger partial charge is 0.312 e. The van der Waals surface area contributed by atoms with Crippen LogP contribution in [0.2, 0.25) is 0 Å². The molecule has 1 rings (SSSR count). The summed E-state index contributed by atoms with van der Waals surface area (Å²) in [5, 5.41) is 4.88. The predicted molar refractivity (Wildman–Crippen MR) is 84.7 cm³/mol. The molecule has 0 aliphatic carbocycles. The molecule has 0 bridgehead atoms. The third-order valence-corrected chi connectivity index (χ3v) is 5.65. The Kier molecular flexibility index (Phi) is 7.11. The summed E-state index contributed by atoms with van der Waals surface area (Å²) in [4.78, 5) is 3.50. The molecule has 7 heteroatoms. The van der Waals surface area contributed by atoms with E-state index in [9.17, 15) is 8.42 Å². The summed E-state index contributed by atoms with van der Waals surface area (Å²) in [6, 6.07) is 2.15. The smallest absolute Gasteiger partial charge is 0.241 e. The molecule has 1 heterocycles. The molecule has 5 nitrogen and oxygen atoms in total. The van der Waals surface area contributed by atoms with Gasteiger partial charge in [-0.1, -0.05) is 6.92 Å². The second-order valence-corrected chi connectivity index (χ2v) is 7.76. The number of rotatable bonds is 9. The molecular formula is C13H25N3O2S2. The van der Waals surface area contributed by atoms with Gasteiger partial charge >= 0.3 is 0 Å². The first-order valence-corrected chi connectivity index (χ1v) is 9.21. The second-order valence-electron chi connectivity index (χ2n) is 5.00. The maximum absolute atomic E-state index is 12.1. The lowest BCUT2D eigenvalue weighted by Crippen LogP contribution is -2.36. The van der Waals surface area contributed by atoms with Gasteiger partial charge in [0.05, 0.1) is 4.90 Å². The lowest BCUT2D eigenvalue weighted by atomic mass is 10.3. The van der Waals surface area contributed by atoms with Crippen molar-refractivity contribution in [1.82, 2.24) is 14.9 Å². The van der Waals surface area contributed by atoms with E-state index in [1.807, 2.05) is 14.0 Å². The molecule has 0 atom stereocenters. The Morgan fingerprint density at radius 1 is 1.40 bits per heavy atom. The van der Waals surface area contributed by atoms with Gasteiger partial charge in [-0.05, 0) is 33.5 Å². The van der Waals surface area contributed by atoms with Crippen LogP contribution in [0.15, 0.2) is 16.3 Å². The van der Waals surface area contributed by atoms with Gasteiger partial charge in [-0.15, -0.1) is 11.3 Å². The molecule has 0 spiro atoms. The van der Waals surface area contributed by atoms with Gasteiger partial charge in [-0.2, -0.15) is 0 Å². The van der Waals surface area contributed by atoms with Gasteiger partial charge in [0.1, 0.15) is 0 Å². The molecule has 0 saturated heterocycles. The number of hydrogen-bond acceptors (Lipinski definition) is 5. The first-order chi connectivity index (χ1) is 9.36. The van der Waals surface area contributed by atoms with Crippen LogP contribution in [-0.4, -0.2) is 46.0 Å². The minimum Gasteiger partial charge on any atom is -0.312 e. The molecule has 2 N–H and O–H groups in total. The summed E-state index contributed by atoms with van der Waals surface area (Å²) in [5.41, 5.74) is 0. The first kappa shape index (κ1) is 17.6. The van der Waals surface area contributed by atoms with Crippen molar-refractivity contribution in [2.75, 3.05) is 26.7 Å². The van der Waals surface area contributed by atoms with Crippen LogP contribution in [0.5, 0.6) is 0 Å². The van der Waals surface area contributed by atoms with E-state index < -0.39 is 10.0 Å². The molecule has 20 heavy (non-hydrogen) atoms. The predicted octanol–water partition coefficient (Wildman–Crippen LogP) is 1.48. The molecule has 0 amide bonds. The van der Waals surface area contributed by atoms with Crippen molar-refractivity contribution in [2.24, 2.45) is 0 Å². The zero-order valence-electron chi connectivity index (χ0n) is 12.6. The molecule has 0 radical (unpaired) electrons. The van der Waals surface area contributed by atoms with Crippen LogP contribution in [0.25, 0.3) is 0 Å². The second kappa shape index (κ2) is 8.09. The summed E-state index contributed by atoms with van der Waals surface area (Å²) in [7, 11) is -1.40. The fraction of sp³-hybridized carbons (Fsp3) is 0.692. The van der Waals surface area contributed by atoms with E-state index in [0.29, 0.717) is 30.6 Å². The Labute approximate surface area is 126 Å². The van der Waals surface area contributed by atoms with Crippen molar-refractivity contribution >= 4 is 21.4 Å². The molecule has 0 unspecified atom stereocenters. The first-order valence-electron chi connectivity index (χ1n) is 6.85. The lowest BCUT2D eigenvalue weighted by Gasteiger charge is -2.20. The van der Waals surface area contributed by atoms with Crippen LogP contribution >= 0.6 is 11.3 Å². The Morgan fingerprint density at radius 3 is 2.70 bits per heavy atom. The number of sulfonamides is 1. The topological polar surface area (TPSA) is 61.4 Å². The highest BCUT2D eigenvalue weighted by Crippen LogP contribution is 2.18. The minimum absolute atomic E-state index is 0.364. The van der Waals surface area contributed by atoms with Crippen molar-refractivity contribution in [1.29, 1.82) is 0 Å². The highest BCUT2D eigenvalue weighted by Gasteiger charge is 2.16. The maximum atomic E-state index is 12.1. The van der Waals surface area contributed by atoms with Crippen molar-refractivity contribution in [2.45, 2.75) is 38.3 Å². The summed E-state index contributed by atoms with van der Waals surface area (Å²) < 4.78 is 26.9. The van der Waals surface area contributed by atoms with Gasteiger partial charge in [0.2, 0.25) is 10.0 Å². The van der Waals surface area contributed by atoms with Crippen LogP contribution in [0.3, 0.4) is 0 Å². The van der Waals surface area contributed by atoms with Crippen LogP contribution < -0.4 is 10.0 Å². The van der Waals surface area contributed by atoms with Crippen molar-refractivity contribution in [3.63, 3.8) is 0 Å². The molecule has 1 aromatic rings. The van der Waals surface area contributed by atoms with Crippen LogP contribution in [0.4, 0.5) is 0 Å². The van der Waals surface area contributed by atoms with Crippen molar-refractivity contribution < 1.29 is 8.42 Å². The molecule has 0 aliphatic heterocycles. The minimum atomic E-state index is -3.38. The van der Waals surface area contributed by atoms with E-state index in [1.54, 1.807) is 11.4 Å². The fourth-order valence-corrected chi connectivity index (χ4v) is 3.81. The SMILES string of the molecule is CCNCc1cc(S(=O)(=O)NCCN(C)C(C)C)cs1. The average Bonchev–Trinajstić information content (AvgIpc) is 2.85. The van der Waals surface area contributed by atoms with Gasteiger partial charge < -0.3 is 10.2 Å². The number of thiophene rings is 1. The Bertz CT molecular complexity index is 497. The van der Waals surface area contributed by atoms with Crippen LogP contribution in [0, 0.1) is 0 Å². The number of hydrogen-bond donors (Lipinski definition) is 2. The summed E-state index contributed by atoms with van der Waals surface area (Å²) >= 11 is 1.47.